The third-order valence-corrected chi connectivity index (χ3v) is 4.59. The van der Waals surface area contributed by atoms with E-state index >= 15 is 0 Å². The molecular formula is C15H18N4OS. The van der Waals surface area contributed by atoms with Gasteiger partial charge in [0.05, 0.1) is 6.07 Å². The van der Waals surface area contributed by atoms with Gasteiger partial charge < -0.3 is 9.32 Å². The molecule has 0 N–H and O–H groups in total. The van der Waals surface area contributed by atoms with Crippen molar-refractivity contribution in [3.05, 3.63) is 22.7 Å². The first-order valence-corrected chi connectivity index (χ1v) is 8.26. The summed E-state index contributed by atoms with van der Waals surface area (Å²) in [5.41, 5.74) is 1.01. The molecule has 0 aliphatic carbocycles. The molecule has 2 aromatic heterocycles. The highest BCUT2D eigenvalue weighted by atomic mass is 32.1. The molecule has 6 heteroatoms. The van der Waals surface area contributed by atoms with Crippen LogP contribution in [0.15, 0.2) is 21.2 Å². The smallest absolute Gasteiger partial charge is 0.248 e. The van der Waals surface area contributed by atoms with Crippen LogP contribution >= 0.6 is 11.3 Å². The fourth-order valence-electron chi connectivity index (χ4n) is 2.69. The third kappa shape index (κ3) is 3.49. The second-order valence-electron chi connectivity index (χ2n) is 5.34. The lowest BCUT2D eigenvalue weighted by Crippen LogP contribution is -2.33. The van der Waals surface area contributed by atoms with E-state index in [0.29, 0.717) is 18.2 Å². The number of unbranched alkanes of at least 4 members (excludes halogenated alkanes) is 1. The van der Waals surface area contributed by atoms with Crippen LogP contribution in [0.5, 0.6) is 0 Å². The highest BCUT2D eigenvalue weighted by Gasteiger charge is 2.25. The van der Waals surface area contributed by atoms with E-state index in [0.717, 1.165) is 50.4 Å². The molecule has 0 saturated carbocycles. The Kier molecular flexibility index (Phi) is 4.63. The number of nitriles is 1. The number of hydrogen-bond acceptors (Lipinski definition) is 6. The average Bonchev–Trinajstić information content (AvgIpc) is 3.19. The third-order valence-electron chi connectivity index (χ3n) is 3.91. The molecule has 2 aromatic rings. The van der Waals surface area contributed by atoms with E-state index in [9.17, 15) is 0 Å². The van der Waals surface area contributed by atoms with E-state index in [-0.39, 0.29) is 0 Å². The van der Waals surface area contributed by atoms with Crippen LogP contribution < -0.4 is 0 Å². The first-order chi connectivity index (χ1) is 10.4. The van der Waals surface area contributed by atoms with Crippen LogP contribution in [-0.2, 0) is 0 Å². The van der Waals surface area contributed by atoms with Crippen LogP contribution in [0.2, 0.25) is 0 Å². The molecule has 0 unspecified atom stereocenters. The summed E-state index contributed by atoms with van der Waals surface area (Å²) in [7, 11) is 0. The maximum absolute atomic E-state index is 8.57. The number of nitrogens with zero attached hydrogens (tertiary/aromatic N) is 4. The van der Waals surface area contributed by atoms with Gasteiger partial charge in [-0.25, -0.2) is 0 Å². The molecule has 0 atom stereocenters. The van der Waals surface area contributed by atoms with Crippen LogP contribution in [-0.4, -0.2) is 34.7 Å². The zero-order chi connectivity index (χ0) is 14.5. The summed E-state index contributed by atoms with van der Waals surface area (Å²) < 4.78 is 5.82. The Hall–Kier alpha value is -1.71. The molecule has 0 radical (unpaired) electrons. The summed E-state index contributed by atoms with van der Waals surface area (Å²) in [6, 6.07) is 4.20. The Bertz CT molecular complexity index is 593. The van der Waals surface area contributed by atoms with Gasteiger partial charge in [-0.05, 0) is 50.3 Å². The first-order valence-electron chi connectivity index (χ1n) is 7.32. The van der Waals surface area contributed by atoms with Crippen molar-refractivity contribution in [2.45, 2.75) is 31.6 Å². The molecule has 1 fully saturated rings. The minimum atomic E-state index is 0.372. The summed E-state index contributed by atoms with van der Waals surface area (Å²) >= 11 is 1.63. The minimum Gasteiger partial charge on any atom is -0.420 e. The molecule has 21 heavy (non-hydrogen) atoms. The van der Waals surface area contributed by atoms with Crippen molar-refractivity contribution in [1.82, 2.24) is 15.1 Å². The molecule has 3 heterocycles. The molecule has 3 rings (SSSR count). The SMILES string of the molecule is N#CCCCN1CCC(c2nnc(-c3ccsc3)o2)CC1. The molecule has 1 saturated heterocycles. The maximum atomic E-state index is 8.57. The monoisotopic (exact) mass is 302 g/mol. The summed E-state index contributed by atoms with van der Waals surface area (Å²) in [6.45, 7) is 3.11. The highest BCUT2D eigenvalue weighted by Crippen LogP contribution is 2.29. The Balaban J connectivity index is 1.54. The van der Waals surface area contributed by atoms with E-state index in [1.807, 2.05) is 16.8 Å². The molecular weight excluding hydrogens is 284 g/mol. The Morgan fingerprint density at radius 1 is 1.38 bits per heavy atom. The largest absolute Gasteiger partial charge is 0.420 e. The normalized spacial score (nSPS) is 16.9. The highest BCUT2D eigenvalue weighted by molar-refractivity contribution is 7.08. The second kappa shape index (κ2) is 6.83. The molecule has 0 bridgehead atoms. The van der Waals surface area contributed by atoms with E-state index < -0.39 is 0 Å². The molecule has 0 spiro atoms. The molecule has 1 aliphatic rings. The summed E-state index contributed by atoms with van der Waals surface area (Å²) in [4.78, 5) is 2.42. The van der Waals surface area contributed by atoms with Crippen molar-refractivity contribution in [2.75, 3.05) is 19.6 Å². The van der Waals surface area contributed by atoms with Gasteiger partial charge in [0, 0.05) is 23.3 Å². The summed E-state index contributed by atoms with van der Waals surface area (Å²) in [6.07, 6.45) is 3.72. The zero-order valence-electron chi connectivity index (χ0n) is 11.9. The lowest BCUT2D eigenvalue weighted by Gasteiger charge is -2.30. The predicted molar refractivity (Wildman–Crippen MR) is 80.9 cm³/mol. The van der Waals surface area contributed by atoms with Gasteiger partial charge in [-0.2, -0.15) is 16.6 Å². The predicted octanol–water partition coefficient (Wildman–Crippen LogP) is 3.28. The lowest BCUT2D eigenvalue weighted by atomic mass is 9.96. The van der Waals surface area contributed by atoms with Crippen molar-refractivity contribution >= 4 is 11.3 Å². The lowest BCUT2D eigenvalue weighted by molar-refractivity contribution is 0.199. The van der Waals surface area contributed by atoms with Crippen molar-refractivity contribution in [3.8, 4) is 17.5 Å². The topological polar surface area (TPSA) is 66.0 Å². The molecule has 5 nitrogen and oxygen atoms in total. The fraction of sp³-hybridized carbons (Fsp3) is 0.533. The second-order valence-corrected chi connectivity index (χ2v) is 6.12. The zero-order valence-corrected chi connectivity index (χ0v) is 12.7. The van der Waals surface area contributed by atoms with Gasteiger partial charge in [-0.1, -0.05) is 0 Å². The fourth-order valence-corrected chi connectivity index (χ4v) is 3.32. The van der Waals surface area contributed by atoms with Gasteiger partial charge in [-0.15, -0.1) is 10.2 Å². The number of aromatic nitrogens is 2. The van der Waals surface area contributed by atoms with Gasteiger partial charge in [0.1, 0.15) is 0 Å². The number of likely N-dealkylation sites (tertiary alicyclic amines) is 1. The number of piperidine rings is 1. The van der Waals surface area contributed by atoms with E-state index in [4.69, 9.17) is 9.68 Å². The number of rotatable bonds is 5. The van der Waals surface area contributed by atoms with Crippen molar-refractivity contribution in [1.29, 1.82) is 5.26 Å². The number of thiophene rings is 1. The quantitative estimate of drug-likeness (QED) is 0.793. The van der Waals surface area contributed by atoms with Crippen molar-refractivity contribution < 1.29 is 4.42 Å². The Labute approximate surface area is 128 Å². The van der Waals surface area contributed by atoms with Crippen molar-refractivity contribution in [2.24, 2.45) is 0 Å². The summed E-state index contributed by atoms with van der Waals surface area (Å²) in [5, 5.41) is 21.0. The summed E-state index contributed by atoms with van der Waals surface area (Å²) in [5.74, 6) is 1.77. The molecule has 110 valence electrons. The van der Waals surface area contributed by atoms with Crippen LogP contribution in [0.1, 0.15) is 37.5 Å². The van der Waals surface area contributed by atoms with Gasteiger partial charge in [0.25, 0.3) is 0 Å². The maximum Gasteiger partial charge on any atom is 0.248 e. The van der Waals surface area contributed by atoms with E-state index in [1.165, 1.54) is 0 Å². The van der Waals surface area contributed by atoms with Crippen LogP contribution in [0.4, 0.5) is 0 Å². The van der Waals surface area contributed by atoms with Gasteiger partial charge >= 0.3 is 0 Å². The first kappa shape index (κ1) is 14.2. The van der Waals surface area contributed by atoms with E-state index in [2.05, 4.69) is 21.2 Å². The average molecular weight is 302 g/mol. The van der Waals surface area contributed by atoms with E-state index in [1.54, 1.807) is 11.3 Å². The van der Waals surface area contributed by atoms with Crippen LogP contribution in [0, 0.1) is 11.3 Å². The minimum absolute atomic E-state index is 0.372. The van der Waals surface area contributed by atoms with Crippen molar-refractivity contribution in [3.63, 3.8) is 0 Å². The molecule has 0 amide bonds. The standard InChI is InChI=1S/C15H18N4OS/c16-6-1-2-7-19-8-3-12(4-9-19)14-17-18-15(20-14)13-5-10-21-11-13/h5,10-12H,1-4,7-9H2. The van der Waals surface area contributed by atoms with Crippen LogP contribution in [0.3, 0.4) is 0 Å². The Morgan fingerprint density at radius 2 is 2.24 bits per heavy atom. The molecule has 0 aromatic carbocycles. The Morgan fingerprint density at radius 3 is 2.95 bits per heavy atom. The van der Waals surface area contributed by atoms with Gasteiger partial charge in [-0.3, -0.25) is 0 Å². The van der Waals surface area contributed by atoms with Crippen LogP contribution in [0.25, 0.3) is 11.5 Å². The van der Waals surface area contributed by atoms with Gasteiger partial charge in [0.15, 0.2) is 0 Å². The number of hydrogen-bond donors (Lipinski definition) is 0. The molecule has 1 aliphatic heterocycles. The van der Waals surface area contributed by atoms with Gasteiger partial charge in [0.2, 0.25) is 11.8 Å².